The minimum Gasteiger partial charge on any atom is -0.493 e. The molecule has 1 aromatic rings. The summed E-state index contributed by atoms with van der Waals surface area (Å²) in [5.74, 6) is -0.0379. The number of aromatic nitrogens is 1. The SMILES string of the molecule is Cc1cc(CO)cc(O)n1. The molecule has 3 nitrogen and oxygen atoms in total. The predicted octanol–water partition coefficient (Wildman–Crippen LogP) is 0.588. The molecule has 3 heteroatoms. The zero-order valence-electron chi connectivity index (χ0n) is 5.70. The van der Waals surface area contributed by atoms with Crippen LogP contribution in [0.15, 0.2) is 12.1 Å². The van der Waals surface area contributed by atoms with Crippen LogP contribution >= 0.6 is 0 Å². The van der Waals surface area contributed by atoms with Gasteiger partial charge in [0.05, 0.1) is 6.61 Å². The largest absolute Gasteiger partial charge is 0.493 e. The van der Waals surface area contributed by atoms with Crippen molar-refractivity contribution in [1.82, 2.24) is 4.98 Å². The fourth-order valence-corrected chi connectivity index (χ4v) is 0.812. The summed E-state index contributed by atoms with van der Waals surface area (Å²) in [6, 6.07) is 3.16. The number of aliphatic hydroxyl groups is 1. The van der Waals surface area contributed by atoms with E-state index in [1.807, 2.05) is 0 Å². The molecule has 0 bridgehead atoms. The van der Waals surface area contributed by atoms with E-state index in [-0.39, 0.29) is 12.5 Å². The highest BCUT2D eigenvalue weighted by molar-refractivity contribution is 5.22. The lowest BCUT2D eigenvalue weighted by atomic mass is 10.2. The van der Waals surface area contributed by atoms with E-state index in [1.165, 1.54) is 6.07 Å². The number of hydrogen-bond donors (Lipinski definition) is 2. The second-order valence-corrected chi connectivity index (χ2v) is 2.13. The number of nitrogens with zero attached hydrogens (tertiary/aromatic N) is 1. The van der Waals surface area contributed by atoms with Crippen LogP contribution in [0, 0.1) is 6.92 Å². The normalized spacial score (nSPS) is 9.80. The number of aryl methyl sites for hydroxylation is 1. The van der Waals surface area contributed by atoms with Crippen molar-refractivity contribution in [2.45, 2.75) is 13.5 Å². The van der Waals surface area contributed by atoms with Crippen molar-refractivity contribution in [2.24, 2.45) is 0 Å². The first-order valence-electron chi connectivity index (χ1n) is 3.00. The molecule has 0 aliphatic rings. The van der Waals surface area contributed by atoms with Gasteiger partial charge >= 0.3 is 0 Å². The van der Waals surface area contributed by atoms with Crippen LogP contribution in [-0.2, 0) is 6.61 Å². The third kappa shape index (κ3) is 1.45. The van der Waals surface area contributed by atoms with Gasteiger partial charge in [-0.3, -0.25) is 0 Å². The van der Waals surface area contributed by atoms with Crippen molar-refractivity contribution in [2.75, 3.05) is 0 Å². The van der Waals surface area contributed by atoms with Gasteiger partial charge in [-0.15, -0.1) is 0 Å². The summed E-state index contributed by atoms with van der Waals surface area (Å²) in [5.41, 5.74) is 1.40. The molecule has 0 aromatic carbocycles. The minimum absolute atomic E-state index is 0.0379. The predicted molar refractivity (Wildman–Crippen MR) is 36.6 cm³/mol. The highest BCUT2D eigenvalue weighted by Crippen LogP contribution is 2.09. The summed E-state index contributed by atoms with van der Waals surface area (Å²) >= 11 is 0. The molecule has 1 heterocycles. The first kappa shape index (κ1) is 7.02. The monoisotopic (exact) mass is 139 g/mol. The molecular formula is C7H9NO2. The molecule has 0 saturated heterocycles. The lowest BCUT2D eigenvalue weighted by molar-refractivity contribution is 0.280. The van der Waals surface area contributed by atoms with Gasteiger partial charge in [-0.1, -0.05) is 0 Å². The van der Waals surface area contributed by atoms with Crippen molar-refractivity contribution >= 4 is 0 Å². The Morgan fingerprint density at radius 3 is 2.70 bits per heavy atom. The molecule has 0 unspecified atom stereocenters. The Balaban J connectivity index is 3.06. The molecule has 2 N–H and O–H groups in total. The van der Waals surface area contributed by atoms with Gasteiger partial charge in [0.25, 0.3) is 0 Å². The molecule has 1 aromatic heterocycles. The second kappa shape index (κ2) is 2.66. The summed E-state index contributed by atoms with van der Waals surface area (Å²) in [6.45, 7) is 1.70. The van der Waals surface area contributed by atoms with Gasteiger partial charge in [-0.2, -0.15) is 0 Å². The molecule has 0 spiro atoms. The van der Waals surface area contributed by atoms with E-state index in [2.05, 4.69) is 4.98 Å². The van der Waals surface area contributed by atoms with Crippen LogP contribution in [-0.4, -0.2) is 15.2 Å². The number of rotatable bonds is 1. The number of hydrogen-bond acceptors (Lipinski definition) is 3. The third-order valence-corrected chi connectivity index (χ3v) is 1.18. The molecule has 0 aliphatic heterocycles. The highest BCUT2D eigenvalue weighted by Gasteiger charge is 1.95. The maximum atomic E-state index is 8.90. The third-order valence-electron chi connectivity index (χ3n) is 1.18. The Kier molecular flexibility index (Phi) is 1.87. The van der Waals surface area contributed by atoms with Crippen molar-refractivity contribution in [3.8, 4) is 5.88 Å². The minimum atomic E-state index is -0.0586. The molecule has 0 atom stereocenters. The summed E-state index contributed by atoms with van der Waals surface area (Å²) in [7, 11) is 0. The molecule has 0 amide bonds. The Labute approximate surface area is 59.0 Å². The quantitative estimate of drug-likeness (QED) is 0.598. The van der Waals surface area contributed by atoms with Crippen molar-refractivity contribution in [1.29, 1.82) is 0 Å². The average molecular weight is 139 g/mol. The average Bonchev–Trinajstić information content (AvgIpc) is 1.85. The molecule has 0 radical (unpaired) electrons. The van der Waals surface area contributed by atoms with Crippen LogP contribution in [0.1, 0.15) is 11.3 Å². The van der Waals surface area contributed by atoms with E-state index < -0.39 is 0 Å². The zero-order chi connectivity index (χ0) is 7.56. The molecule has 0 saturated carbocycles. The summed E-state index contributed by atoms with van der Waals surface area (Å²) < 4.78 is 0. The fraction of sp³-hybridized carbons (Fsp3) is 0.286. The smallest absolute Gasteiger partial charge is 0.211 e. The van der Waals surface area contributed by atoms with E-state index in [1.54, 1.807) is 13.0 Å². The van der Waals surface area contributed by atoms with E-state index in [9.17, 15) is 0 Å². The van der Waals surface area contributed by atoms with Gasteiger partial charge < -0.3 is 10.2 Å². The topological polar surface area (TPSA) is 53.4 Å². The van der Waals surface area contributed by atoms with Gasteiger partial charge in [0.1, 0.15) is 0 Å². The van der Waals surface area contributed by atoms with E-state index >= 15 is 0 Å². The standard InChI is InChI=1S/C7H9NO2/c1-5-2-6(4-9)3-7(10)8-5/h2-3,9H,4H2,1H3,(H,8,10). The number of aliphatic hydroxyl groups excluding tert-OH is 1. The van der Waals surface area contributed by atoms with E-state index in [4.69, 9.17) is 10.2 Å². The van der Waals surface area contributed by atoms with Crippen LogP contribution < -0.4 is 0 Å². The van der Waals surface area contributed by atoms with Crippen LogP contribution in [0.4, 0.5) is 0 Å². The van der Waals surface area contributed by atoms with Crippen LogP contribution in [0.2, 0.25) is 0 Å². The first-order chi connectivity index (χ1) is 4.72. The zero-order valence-corrected chi connectivity index (χ0v) is 5.70. The van der Waals surface area contributed by atoms with Gasteiger partial charge in [-0.25, -0.2) is 4.98 Å². The van der Waals surface area contributed by atoms with E-state index in [0.29, 0.717) is 11.3 Å². The summed E-state index contributed by atoms with van der Waals surface area (Å²) in [6.07, 6.45) is 0. The van der Waals surface area contributed by atoms with Crippen LogP contribution in [0.3, 0.4) is 0 Å². The van der Waals surface area contributed by atoms with Crippen molar-refractivity contribution in [3.05, 3.63) is 23.4 Å². The molecule has 54 valence electrons. The van der Waals surface area contributed by atoms with Crippen LogP contribution in [0.5, 0.6) is 5.88 Å². The second-order valence-electron chi connectivity index (χ2n) is 2.13. The van der Waals surface area contributed by atoms with Gasteiger partial charge in [0, 0.05) is 11.8 Å². The van der Waals surface area contributed by atoms with Crippen molar-refractivity contribution in [3.63, 3.8) is 0 Å². The molecule has 1 rings (SSSR count). The fourth-order valence-electron chi connectivity index (χ4n) is 0.812. The Morgan fingerprint density at radius 2 is 2.20 bits per heavy atom. The maximum absolute atomic E-state index is 8.90. The number of pyridine rings is 1. The lowest BCUT2D eigenvalue weighted by Gasteiger charge is -1.97. The first-order valence-corrected chi connectivity index (χ1v) is 3.00. The molecule has 0 fully saturated rings. The Morgan fingerprint density at radius 1 is 1.50 bits per heavy atom. The van der Waals surface area contributed by atoms with Gasteiger partial charge in [0.2, 0.25) is 5.88 Å². The highest BCUT2D eigenvalue weighted by atomic mass is 16.3. The maximum Gasteiger partial charge on any atom is 0.211 e. The molecular weight excluding hydrogens is 130 g/mol. The summed E-state index contributed by atoms with van der Waals surface area (Å²) in [4.78, 5) is 3.73. The van der Waals surface area contributed by atoms with Gasteiger partial charge in [-0.05, 0) is 18.6 Å². The Bertz CT molecular complexity index is 215. The molecule has 10 heavy (non-hydrogen) atoms. The van der Waals surface area contributed by atoms with Crippen LogP contribution in [0.25, 0.3) is 0 Å². The molecule has 0 aliphatic carbocycles. The number of aromatic hydroxyl groups is 1. The van der Waals surface area contributed by atoms with E-state index in [0.717, 1.165) is 0 Å². The lowest BCUT2D eigenvalue weighted by Crippen LogP contribution is -1.87. The van der Waals surface area contributed by atoms with Gasteiger partial charge in [0.15, 0.2) is 0 Å². The Hall–Kier alpha value is -1.09. The summed E-state index contributed by atoms with van der Waals surface area (Å²) in [5, 5.41) is 17.6. The van der Waals surface area contributed by atoms with Crippen molar-refractivity contribution < 1.29 is 10.2 Å².